The number of rotatable bonds is 4. The first-order chi connectivity index (χ1) is 11.2. The van der Waals surface area contributed by atoms with Crippen LogP contribution in [0.25, 0.3) is 0 Å². The summed E-state index contributed by atoms with van der Waals surface area (Å²) in [5.74, 6) is 0.713. The molecule has 2 aromatic rings. The molecule has 2 aromatic carbocycles. The molecular weight excluding hydrogens is 296 g/mol. The summed E-state index contributed by atoms with van der Waals surface area (Å²) in [5.41, 5.74) is 1.22. The quantitative estimate of drug-likeness (QED) is 0.938. The average Bonchev–Trinajstić information content (AvgIpc) is 2.57. The Morgan fingerprint density at radius 2 is 2.09 bits per heavy atom. The van der Waals surface area contributed by atoms with Crippen molar-refractivity contribution < 1.29 is 19.1 Å². The number of nitrogens with one attached hydrogen (secondary N) is 1. The highest BCUT2D eigenvalue weighted by Crippen LogP contribution is 2.31. The van der Waals surface area contributed by atoms with Gasteiger partial charge in [0.25, 0.3) is 5.91 Å². The van der Waals surface area contributed by atoms with Gasteiger partial charge in [0.1, 0.15) is 18.0 Å². The zero-order valence-corrected chi connectivity index (χ0v) is 12.6. The summed E-state index contributed by atoms with van der Waals surface area (Å²) < 4.78 is 10.5. The van der Waals surface area contributed by atoms with Gasteiger partial charge in [0.2, 0.25) is 5.91 Å². The number of methoxy groups -OCH3 is 1. The molecule has 2 amide bonds. The number of ether oxygens (including phenoxy) is 2. The summed E-state index contributed by atoms with van der Waals surface area (Å²) >= 11 is 0. The number of amides is 2. The Bertz CT molecular complexity index is 745. The molecule has 6 nitrogen and oxygen atoms in total. The number of hydrogen-bond donors (Lipinski definition) is 1. The van der Waals surface area contributed by atoms with Crippen molar-refractivity contribution in [2.75, 3.05) is 30.5 Å². The lowest BCUT2D eigenvalue weighted by atomic mass is 10.2. The van der Waals surface area contributed by atoms with Gasteiger partial charge in [-0.05, 0) is 24.3 Å². The fourth-order valence-electron chi connectivity index (χ4n) is 2.37. The van der Waals surface area contributed by atoms with E-state index in [-0.39, 0.29) is 25.0 Å². The highest BCUT2D eigenvalue weighted by Gasteiger charge is 2.26. The first-order valence-electron chi connectivity index (χ1n) is 7.13. The molecule has 0 atom stereocenters. The van der Waals surface area contributed by atoms with E-state index in [1.807, 2.05) is 6.07 Å². The van der Waals surface area contributed by atoms with Crippen molar-refractivity contribution in [3.8, 4) is 11.5 Å². The summed E-state index contributed by atoms with van der Waals surface area (Å²) in [6.45, 7) is -0.139. The molecule has 0 bridgehead atoms. The third-order valence-electron chi connectivity index (χ3n) is 3.46. The normalized spacial score (nSPS) is 13.1. The molecule has 1 heterocycles. The van der Waals surface area contributed by atoms with E-state index >= 15 is 0 Å². The minimum absolute atomic E-state index is 0.0660. The zero-order chi connectivity index (χ0) is 16.2. The number of para-hydroxylation sites is 2. The molecule has 1 aliphatic rings. The van der Waals surface area contributed by atoms with E-state index in [1.165, 1.54) is 4.90 Å². The standard InChI is InChI=1S/C17H16N2O4/c1-22-13-6-4-5-12(9-13)18-16(20)10-19-14-7-2-3-8-15(14)23-11-17(19)21/h2-9H,10-11H2,1H3,(H,18,20). The molecule has 118 valence electrons. The first-order valence-corrected chi connectivity index (χ1v) is 7.13. The van der Waals surface area contributed by atoms with Crippen molar-refractivity contribution in [1.82, 2.24) is 0 Å². The van der Waals surface area contributed by atoms with Crippen molar-refractivity contribution >= 4 is 23.2 Å². The van der Waals surface area contributed by atoms with Gasteiger partial charge >= 0.3 is 0 Å². The predicted molar refractivity (Wildman–Crippen MR) is 85.9 cm³/mol. The van der Waals surface area contributed by atoms with E-state index in [2.05, 4.69) is 5.32 Å². The van der Waals surface area contributed by atoms with Crippen molar-refractivity contribution in [2.24, 2.45) is 0 Å². The minimum Gasteiger partial charge on any atom is -0.497 e. The first kappa shape index (κ1) is 14.9. The Morgan fingerprint density at radius 3 is 2.91 bits per heavy atom. The summed E-state index contributed by atoms with van der Waals surface area (Å²) in [4.78, 5) is 25.7. The molecule has 0 saturated heterocycles. The number of nitrogens with zero attached hydrogens (tertiary/aromatic N) is 1. The van der Waals surface area contributed by atoms with Crippen molar-refractivity contribution in [2.45, 2.75) is 0 Å². The molecule has 23 heavy (non-hydrogen) atoms. The van der Waals surface area contributed by atoms with E-state index in [1.54, 1.807) is 49.6 Å². The summed E-state index contributed by atoms with van der Waals surface area (Å²) in [5, 5.41) is 2.76. The van der Waals surface area contributed by atoms with Gasteiger partial charge in [-0.1, -0.05) is 18.2 Å². The van der Waals surface area contributed by atoms with E-state index in [9.17, 15) is 9.59 Å². The monoisotopic (exact) mass is 312 g/mol. The van der Waals surface area contributed by atoms with Gasteiger partial charge < -0.3 is 14.8 Å². The van der Waals surface area contributed by atoms with E-state index in [4.69, 9.17) is 9.47 Å². The molecule has 0 radical (unpaired) electrons. The lowest BCUT2D eigenvalue weighted by Gasteiger charge is -2.28. The number of carbonyl (C=O) groups excluding carboxylic acids is 2. The maximum absolute atomic E-state index is 12.2. The Morgan fingerprint density at radius 1 is 1.26 bits per heavy atom. The van der Waals surface area contributed by atoms with Crippen LogP contribution >= 0.6 is 0 Å². The lowest BCUT2D eigenvalue weighted by Crippen LogP contribution is -2.43. The number of hydrogen-bond acceptors (Lipinski definition) is 4. The Labute approximate surface area is 133 Å². The van der Waals surface area contributed by atoms with Crippen molar-refractivity contribution in [3.05, 3.63) is 48.5 Å². The summed E-state index contributed by atoms with van der Waals surface area (Å²) in [6, 6.07) is 14.2. The SMILES string of the molecule is COc1cccc(NC(=O)CN2C(=O)COc3ccccc32)c1. The van der Waals surface area contributed by atoms with Crippen molar-refractivity contribution in [3.63, 3.8) is 0 Å². The van der Waals surface area contributed by atoms with Gasteiger partial charge in [0.15, 0.2) is 6.61 Å². The topological polar surface area (TPSA) is 67.9 Å². The molecule has 0 aromatic heterocycles. The Kier molecular flexibility index (Phi) is 4.14. The zero-order valence-electron chi connectivity index (χ0n) is 12.6. The lowest BCUT2D eigenvalue weighted by molar-refractivity contribution is -0.123. The molecule has 3 rings (SSSR count). The van der Waals surface area contributed by atoms with Crippen LogP contribution in [-0.4, -0.2) is 32.1 Å². The smallest absolute Gasteiger partial charge is 0.265 e. The Balaban J connectivity index is 1.73. The molecule has 0 spiro atoms. The maximum atomic E-state index is 12.2. The molecule has 0 fully saturated rings. The van der Waals surface area contributed by atoms with Crippen LogP contribution < -0.4 is 19.7 Å². The molecule has 0 unspecified atom stereocenters. The predicted octanol–water partition coefficient (Wildman–Crippen LogP) is 2.06. The highest BCUT2D eigenvalue weighted by atomic mass is 16.5. The van der Waals surface area contributed by atoms with Crippen LogP contribution in [0.5, 0.6) is 11.5 Å². The van der Waals surface area contributed by atoms with Gasteiger partial charge in [-0.15, -0.1) is 0 Å². The van der Waals surface area contributed by atoms with Gasteiger partial charge in [-0.25, -0.2) is 0 Å². The number of benzene rings is 2. The molecule has 1 aliphatic heterocycles. The van der Waals surface area contributed by atoms with Gasteiger partial charge in [0.05, 0.1) is 12.8 Å². The maximum Gasteiger partial charge on any atom is 0.265 e. The third kappa shape index (κ3) is 3.26. The number of anilines is 2. The highest BCUT2D eigenvalue weighted by molar-refractivity contribution is 6.04. The minimum atomic E-state index is -0.289. The van der Waals surface area contributed by atoms with Crippen LogP contribution in [0.4, 0.5) is 11.4 Å². The largest absolute Gasteiger partial charge is 0.497 e. The van der Waals surface area contributed by atoms with Crippen LogP contribution in [0.1, 0.15) is 0 Å². The molecular formula is C17H16N2O4. The van der Waals surface area contributed by atoms with Crippen LogP contribution in [0, 0.1) is 0 Å². The van der Waals surface area contributed by atoms with Crippen LogP contribution in [0.3, 0.4) is 0 Å². The van der Waals surface area contributed by atoms with E-state index in [0.29, 0.717) is 22.9 Å². The third-order valence-corrected chi connectivity index (χ3v) is 3.46. The fourth-order valence-corrected chi connectivity index (χ4v) is 2.37. The van der Waals surface area contributed by atoms with Crippen molar-refractivity contribution in [1.29, 1.82) is 0 Å². The van der Waals surface area contributed by atoms with Gasteiger partial charge in [-0.3, -0.25) is 14.5 Å². The van der Waals surface area contributed by atoms with Crippen LogP contribution in [-0.2, 0) is 9.59 Å². The summed E-state index contributed by atoms with van der Waals surface area (Å²) in [7, 11) is 1.56. The molecule has 0 saturated carbocycles. The van der Waals surface area contributed by atoms with Gasteiger partial charge in [-0.2, -0.15) is 0 Å². The van der Waals surface area contributed by atoms with E-state index in [0.717, 1.165) is 0 Å². The van der Waals surface area contributed by atoms with Crippen LogP contribution in [0.2, 0.25) is 0 Å². The van der Waals surface area contributed by atoms with Crippen LogP contribution in [0.15, 0.2) is 48.5 Å². The second-order valence-electron chi connectivity index (χ2n) is 5.02. The van der Waals surface area contributed by atoms with Gasteiger partial charge in [0, 0.05) is 11.8 Å². The molecule has 0 aliphatic carbocycles. The number of fused-ring (bicyclic) bond motifs is 1. The summed E-state index contributed by atoms with van der Waals surface area (Å²) in [6.07, 6.45) is 0. The second-order valence-corrected chi connectivity index (χ2v) is 5.02. The fraction of sp³-hybridized carbons (Fsp3) is 0.176. The van der Waals surface area contributed by atoms with E-state index < -0.39 is 0 Å². The Hall–Kier alpha value is -3.02. The second kappa shape index (κ2) is 6.39. The number of carbonyl (C=O) groups is 2. The average molecular weight is 312 g/mol. The molecule has 1 N–H and O–H groups in total. The molecule has 6 heteroatoms.